The van der Waals surface area contributed by atoms with Gasteiger partial charge >= 0.3 is 0 Å². The molecule has 0 atom stereocenters. The topological polar surface area (TPSA) is 36.9 Å². The van der Waals surface area contributed by atoms with Gasteiger partial charge in [0.1, 0.15) is 0 Å². The molecule has 0 fully saturated rings. The Kier molecular flexibility index (Phi) is 2.77. The second-order valence-electron chi connectivity index (χ2n) is 2.97. The minimum Gasteiger partial charge on any atom is -0.493 e. The summed E-state index contributed by atoms with van der Waals surface area (Å²) in [4.78, 5) is 0. The highest BCUT2D eigenvalue weighted by atomic mass is 35.5. The fourth-order valence-electron chi connectivity index (χ4n) is 1.54. The van der Waals surface area contributed by atoms with Crippen molar-refractivity contribution in [3.8, 4) is 23.0 Å². The normalized spacial score (nSPS) is 12.7. The third-order valence-corrected chi connectivity index (χ3v) is 2.50. The molecular formula is C10H11ClO4. The summed E-state index contributed by atoms with van der Waals surface area (Å²) in [6.45, 7) is 0.174. The second-order valence-corrected chi connectivity index (χ2v) is 3.24. The van der Waals surface area contributed by atoms with Crippen LogP contribution >= 0.6 is 11.6 Å². The molecule has 0 N–H and O–H groups in total. The molecule has 1 aliphatic heterocycles. The highest BCUT2D eigenvalue weighted by Crippen LogP contribution is 2.49. The van der Waals surface area contributed by atoms with Crippen molar-refractivity contribution in [2.45, 2.75) is 5.88 Å². The lowest BCUT2D eigenvalue weighted by Crippen LogP contribution is -1.95. The molecule has 0 radical (unpaired) electrons. The van der Waals surface area contributed by atoms with Crippen LogP contribution < -0.4 is 18.9 Å². The van der Waals surface area contributed by atoms with E-state index in [1.165, 1.54) is 0 Å². The molecule has 5 heteroatoms. The van der Waals surface area contributed by atoms with Gasteiger partial charge in [0, 0.05) is 5.56 Å². The largest absolute Gasteiger partial charge is 0.493 e. The van der Waals surface area contributed by atoms with E-state index >= 15 is 0 Å². The Labute approximate surface area is 92.6 Å². The van der Waals surface area contributed by atoms with Crippen LogP contribution in [0.3, 0.4) is 0 Å². The summed E-state index contributed by atoms with van der Waals surface area (Å²) in [5.74, 6) is 2.68. The van der Waals surface area contributed by atoms with Gasteiger partial charge in [0.15, 0.2) is 11.5 Å². The van der Waals surface area contributed by atoms with Crippen molar-refractivity contribution < 1.29 is 18.9 Å². The van der Waals surface area contributed by atoms with Gasteiger partial charge < -0.3 is 18.9 Å². The van der Waals surface area contributed by atoms with Gasteiger partial charge in [-0.15, -0.1) is 11.6 Å². The van der Waals surface area contributed by atoms with Crippen LogP contribution in [0.2, 0.25) is 0 Å². The Morgan fingerprint density at radius 1 is 1.27 bits per heavy atom. The lowest BCUT2D eigenvalue weighted by Gasteiger charge is -2.11. The van der Waals surface area contributed by atoms with Crippen LogP contribution in [0.15, 0.2) is 6.07 Å². The smallest absolute Gasteiger partial charge is 0.231 e. The summed E-state index contributed by atoms with van der Waals surface area (Å²) in [6.07, 6.45) is 0. The van der Waals surface area contributed by atoms with Gasteiger partial charge in [-0.3, -0.25) is 0 Å². The predicted molar refractivity (Wildman–Crippen MR) is 55.2 cm³/mol. The fourth-order valence-corrected chi connectivity index (χ4v) is 1.74. The van der Waals surface area contributed by atoms with Crippen LogP contribution in [0.5, 0.6) is 23.0 Å². The number of halogens is 1. The van der Waals surface area contributed by atoms with Gasteiger partial charge in [-0.2, -0.15) is 0 Å². The van der Waals surface area contributed by atoms with Gasteiger partial charge in [-0.05, 0) is 6.07 Å². The number of fused-ring (bicyclic) bond motifs is 1. The van der Waals surface area contributed by atoms with Gasteiger partial charge in [-0.1, -0.05) is 0 Å². The molecule has 1 aromatic rings. The lowest BCUT2D eigenvalue weighted by atomic mass is 10.2. The number of rotatable bonds is 3. The fraction of sp³-hybridized carbons (Fsp3) is 0.400. The first-order valence-corrected chi connectivity index (χ1v) is 4.94. The maximum absolute atomic E-state index is 5.81. The van der Waals surface area contributed by atoms with Crippen LogP contribution in [-0.4, -0.2) is 21.0 Å². The van der Waals surface area contributed by atoms with Crippen molar-refractivity contribution in [1.82, 2.24) is 0 Å². The molecule has 82 valence electrons. The van der Waals surface area contributed by atoms with Gasteiger partial charge in [0.25, 0.3) is 0 Å². The molecule has 4 nitrogen and oxygen atoms in total. The maximum Gasteiger partial charge on any atom is 0.231 e. The summed E-state index contributed by atoms with van der Waals surface area (Å²) >= 11 is 5.81. The summed E-state index contributed by atoms with van der Waals surface area (Å²) in [7, 11) is 3.14. The molecule has 0 aromatic heterocycles. The summed E-state index contributed by atoms with van der Waals surface area (Å²) in [5.41, 5.74) is 0.820. The van der Waals surface area contributed by atoms with E-state index in [-0.39, 0.29) is 6.79 Å². The third kappa shape index (κ3) is 1.55. The van der Waals surface area contributed by atoms with E-state index in [9.17, 15) is 0 Å². The first-order valence-electron chi connectivity index (χ1n) is 4.41. The molecule has 0 spiro atoms. The summed E-state index contributed by atoms with van der Waals surface area (Å²) in [6, 6.07) is 1.79. The standard InChI is InChI=1S/C10H11ClO4/c1-12-7-3-6(4-11)8(13-2)10-9(7)14-5-15-10/h3H,4-5H2,1-2H3. The first kappa shape index (κ1) is 10.2. The third-order valence-electron chi connectivity index (χ3n) is 2.21. The maximum atomic E-state index is 5.81. The van der Waals surface area contributed by atoms with E-state index in [1.807, 2.05) is 0 Å². The molecule has 0 saturated heterocycles. The molecular weight excluding hydrogens is 220 g/mol. The van der Waals surface area contributed by atoms with Crippen molar-refractivity contribution in [3.63, 3.8) is 0 Å². The molecule has 1 heterocycles. The van der Waals surface area contributed by atoms with E-state index in [0.717, 1.165) is 5.56 Å². The minimum absolute atomic E-state index is 0.174. The van der Waals surface area contributed by atoms with Crippen molar-refractivity contribution in [2.75, 3.05) is 21.0 Å². The van der Waals surface area contributed by atoms with Gasteiger partial charge in [0.2, 0.25) is 18.3 Å². The Balaban J connectivity index is 2.60. The van der Waals surface area contributed by atoms with E-state index in [0.29, 0.717) is 28.9 Å². The molecule has 1 aliphatic rings. The van der Waals surface area contributed by atoms with Gasteiger partial charge in [0.05, 0.1) is 20.1 Å². The average molecular weight is 231 g/mol. The number of benzene rings is 1. The summed E-state index contributed by atoms with van der Waals surface area (Å²) < 4.78 is 21.0. The molecule has 1 aromatic carbocycles. The molecule has 0 unspecified atom stereocenters. The van der Waals surface area contributed by atoms with Crippen molar-refractivity contribution in [3.05, 3.63) is 11.6 Å². The van der Waals surface area contributed by atoms with Crippen LogP contribution in [-0.2, 0) is 5.88 Å². The van der Waals surface area contributed by atoms with Crippen molar-refractivity contribution >= 4 is 11.6 Å². The van der Waals surface area contributed by atoms with Gasteiger partial charge in [-0.25, -0.2) is 0 Å². The number of alkyl halides is 1. The van der Waals surface area contributed by atoms with Crippen LogP contribution in [0.4, 0.5) is 0 Å². The van der Waals surface area contributed by atoms with E-state index in [1.54, 1.807) is 20.3 Å². The average Bonchev–Trinajstić information content (AvgIpc) is 2.75. The SMILES string of the molecule is COc1cc(CCl)c(OC)c2c1OCO2. The van der Waals surface area contributed by atoms with E-state index in [4.69, 9.17) is 30.5 Å². The monoisotopic (exact) mass is 230 g/mol. The van der Waals surface area contributed by atoms with Crippen LogP contribution in [0, 0.1) is 0 Å². The second kappa shape index (κ2) is 4.06. The molecule has 0 saturated carbocycles. The number of methoxy groups -OCH3 is 2. The Morgan fingerprint density at radius 3 is 2.60 bits per heavy atom. The number of ether oxygens (including phenoxy) is 4. The zero-order valence-electron chi connectivity index (χ0n) is 8.50. The first-order chi connectivity index (χ1) is 7.31. The Hall–Kier alpha value is -1.29. The Bertz CT molecular complexity index is 378. The molecule has 0 bridgehead atoms. The quantitative estimate of drug-likeness (QED) is 0.746. The number of hydrogen-bond acceptors (Lipinski definition) is 4. The van der Waals surface area contributed by atoms with E-state index in [2.05, 4.69) is 0 Å². The van der Waals surface area contributed by atoms with Crippen molar-refractivity contribution in [2.24, 2.45) is 0 Å². The minimum atomic E-state index is 0.174. The zero-order chi connectivity index (χ0) is 10.8. The Morgan fingerprint density at radius 2 is 2.00 bits per heavy atom. The highest BCUT2D eigenvalue weighted by Gasteiger charge is 2.26. The molecule has 2 rings (SSSR count). The van der Waals surface area contributed by atoms with Crippen LogP contribution in [0.25, 0.3) is 0 Å². The lowest BCUT2D eigenvalue weighted by molar-refractivity contribution is 0.168. The zero-order valence-corrected chi connectivity index (χ0v) is 9.26. The van der Waals surface area contributed by atoms with E-state index < -0.39 is 0 Å². The predicted octanol–water partition coefficient (Wildman–Crippen LogP) is 2.17. The number of hydrogen-bond donors (Lipinski definition) is 0. The highest BCUT2D eigenvalue weighted by molar-refractivity contribution is 6.17. The van der Waals surface area contributed by atoms with Crippen LogP contribution in [0.1, 0.15) is 5.56 Å². The molecule has 0 aliphatic carbocycles. The molecule has 15 heavy (non-hydrogen) atoms. The molecule has 0 amide bonds. The van der Waals surface area contributed by atoms with Crippen molar-refractivity contribution in [1.29, 1.82) is 0 Å². The summed E-state index contributed by atoms with van der Waals surface area (Å²) in [5, 5.41) is 0.